The smallest absolute Gasteiger partial charge is 0.407 e. The van der Waals surface area contributed by atoms with E-state index in [1.54, 1.807) is 6.92 Å². The fourth-order valence-electron chi connectivity index (χ4n) is 1.52. The minimum atomic E-state index is -0.679. The third-order valence-electron chi connectivity index (χ3n) is 2.67. The van der Waals surface area contributed by atoms with Gasteiger partial charge in [-0.1, -0.05) is 52.9 Å². The molecule has 0 spiro atoms. The van der Waals surface area contributed by atoms with Crippen LogP contribution in [0.3, 0.4) is 0 Å². The topological polar surface area (TPSA) is 64.6 Å². The van der Waals surface area contributed by atoms with Crippen LogP contribution in [-0.4, -0.2) is 29.1 Å². The van der Waals surface area contributed by atoms with E-state index in [-0.39, 0.29) is 19.0 Å². The first-order valence-electron chi connectivity index (χ1n) is 6.11. The van der Waals surface area contributed by atoms with Gasteiger partial charge in [0.2, 0.25) is 0 Å². The molecule has 0 aliphatic heterocycles. The molecule has 0 fully saturated rings. The van der Waals surface area contributed by atoms with E-state index >= 15 is 0 Å². The maximum absolute atomic E-state index is 11.8. The van der Waals surface area contributed by atoms with Crippen molar-refractivity contribution in [1.29, 1.82) is 0 Å². The fourth-order valence-corrected chi connectivity index (χ4v) is 1.98. The number of benzene rings is 1. The van der Waals surface area contributed by atoms with Gasteiger partial charge in [-0.25, -0.2) is 4.79 Å². The summed E-state index contributed by atoms with van der Waals surface area (Å²) in [5, 5.41) is 2.71. The van der Waals surface area contributed by atoms with Crippen LogP contribution in [-0.2, 0) is 20.9 Å². The molecule has 1 N–H and O–H groups in total. The van der Waals surface area contributed by atoms with Crippen molar-refractivity contribution in [2.75, 3.05) is 11.5 Å². The lowest BCUT2D eigenvalue weighted by Gasteiger charge is -2.27. The summed E-state index contributed by atoms with van der Waals surface area (Å²) < 4.78 is 10.3. The Morgan fingerprint density at radius 2 is 1.95 bits per heavy atom. The third kappa shape index (κ3) is 5.77. The summed E-state index contributed by atoms with van der Waals surface area (Å²) in [5.41, 5.74) is 0.230. The molecule has 110 valence electrons. The van der Waals surface area contributed by atoms with Crippen LogP contribution in [0.25, 0.3) is 0 Å². The number of hydrogen-bond acceptors (Lipinski definition) is 4. The van der Waals surface area contributed by atoms with E-state index in [1.165, 1.54) is 7.11 Å². The van der Waals surface area contributed by atoms with Crippen LogP contribution in [0.2, 0.25) is 0 Å². The van der Waals surface area contributed by atoms with Gasteiger partial charge in [0.15, 0.2) is 0 Å². The van der Waals surface area contributed by atoms with Crippen molar-refractivity contribution in [3.05, 3.63) is 35.9 Å². The number of rotatable bonds is 6. The molecule has 0 aromatic heterocycles. The number of carbonyl (C=O) groups is 2. The number of halogens is 1. The second-order valence-electron chi connectivity index (χ2n) is 4.63. The number of hydrogen-bond donors (Lipinski definition) is 1. The Morgan fingerprint density at radius 3 is 2.50 bits per heavy atom. The molecule has 6 heteroatoms. The number of esters is 1. The van der Waals surface area contributed by atoms with Gasteiger partial charge in [0, 0.05) is 4.43 Å². The van der Waals surface area contributed by atoms with Gasteiger partial charge >= 0.3 is 12.1 Å². The summed E-state index contributed by atoms with van der Waals surface area (Å²) in [5.74, 6) is -0.368. The lowest BCUT2D eigenvalue weighted by molar-refractivity contribution is -0.141. The average Bonchev–Trinajstić information content (AvgIpc) is 2.46. The van der Waals surface area contributed by atoms with Crippen molar-refractivity contribution in [3.63, 3.8) is 0 Å². The molecule has 0 radical (unpaired) electrons. The van der Waals surface area contributed by atoms with Crippen LogP contribution in [0, 0.1) is 0 Å². The number of alkyl carbamates (subject to hydrolysis) is 1. The Labute approximate surface area is 132 Å². The molecule has 0 unspecified atom stereocenters. The zero-order chi connectivity index (χ0) is 15.0. The average molecular weight is 391 g/mol. The van der Waals surface area contributed by atoms with E-state index in [4.69, 9.17) is 4.74 Å². The second kappa shape index (κ2) is 8.08. The van der Waals surface area contributed by atoms with Gasteiger partial charge in [-0.05, 0) is 12.5 Å². The second-order valence-corrected chi connectivity index (χ2v) is 5.40. The van der Waals surface area contributed by atoms with Crippen molar-refractivity contribution in [2.45, 2.75) is 25.5 Å². The number of amides is 1. The van der Waals surface area contributed by atoms with Gasteiger partial charge < -0.3 is 14.8 Å². The first kappa shape index (κ1) is 16.7. The molecule has 1 aromatic rings. The van der Waals surface area contributed by atoms with Crippen molar-refractivity contribution in [1.82, 2.24) is 5.32 Å². The molecule has 5 nitrogen and oxygen atoms in total. The summed E-state index contributed by atoms with van der Waals surface area (Å²) >= 11 is 2.11. The maximum atomic E-state index is 11.8. The maximum Gasteiger partial charge on any atom is 0.407 e. The van der Waals surface area contributed by atoms with Crippen LogP contribution in [0.1, 0.15) is 18.9 Å². The van der Waals surface area contributed by atoms with Gasteiger partial charge in [-0.2, -0.15) is 0 Å². The Hall–Kier alpha value is -1.31. The molecule has 0 saturated heterocycles. The van der Waals surface area contributed by atoms with E-state index in [2.05, 4.69) is 32.6 Å². The largest absolute Gasteiger partial charge is 0.469 e. The van der Waals surface area contributed by atoms with Crippen LogP contribution in [0.15, 0.2) is 30.3 Å². The minimum Gasteiger partial charge on any atom is -0.469 e. The molecule has 1 rings (SSSR count). The molecule has 0 saturated carbocycles. The first-order chi connectivity index (χ1) is 9.49. The van der Waals surface area contributed by atoms with Crippen molar-refractivity contribution >= 4 is 34.7 Å². The summed E-state index contributed by atoms with van der Waals surface area (Å²) in [4.78, 5) is 23.1. The summed E-state index contributed by atoms with van der Waals surface area (Å²) in [6.07, 6.45) is -0.440. The van der Waals surface area contributed by atoms with Crippen LogP contribution >= 0.6 is 22.6 Å². The van der Waals surface area contributed by atoms with Gasteiger partial charge in [-0.15, -0.1) is 0 Å². The first-order valence-corrected chi connectivity index (χ1v) is 7.63. The van der Waals surface area contributed by atoms with E-state index in [0.717, 1.165) is 5.56 Å². The minimum absolute atomic E-state index is 0.104. The number of methoxy groups -OCH3 is 1. The molecule has 20 heavy (non-hydrogen) atoms. The Bertz CT molecular complexity index is 452. The Morgan fingerprint density at radius 1 is 1.30 bits per heavy atom. The summed E-state index contributed by atoms with van der Waals surface area (Å²) in [6.45, 7) is 1.97. The summed E-state index contributed by atoms with van der Waals surface area (Å²) in [7, 11) is 1.32. The predicted molar refractivity (Wildman–Crippen MR) is 83.7 cm³/mol. The molecule has 0 aliphatic rings. The zero-order valence-corrected chi connectivity index (χ0v) is 13.7. The molecule has 1 aromatic carbocycles. The van der Waals surface area contributed by atoms with Crippen molar-refractivity contribution < 1.29 is 19.1 Å². The van der Waals surface area contributed by atoms with E-state index in [9.17, 15) is 9.59 Å². The fraction of sp³-hybridized carbons (Fsp3) is 0.429. The summed E-state index contributed by atoms with van der Waals surface area (Å²) in [6, 6.07) is 9.40. The van der Waals surface area contributed by atoms with Crippen molar-refractivity contribution in [2.24, 2.45) is 0 Å². The highest BCUT2D eigenvalue weighted by molar-refractivity contribution is 14.1. The van der Waals surface area contributed by atoms with Crippen molar-refractivity contribution in [3.8, 4) is 0 Å². The van der Waals surface area contributed by atoms with Gasteiger partial charge in [0.25, 0.3) is 0 Å². The number of ether oxygens (including phenoxy) is 2. The normalized spacial score (nSPS) is 13.2. The molecule has 1 amide bonds. The van der Waals surface area contributed by atoms with Gasteiger partial charge in [0.05, 0.1) is 19.1 Å². The molecule has 0 heterocycles. The van der Waals surface area contributed by atoms with Gasteiger partial charge in [-0.3, -0.25) is 4.79 Å². The van der Waals surface area contributed by atoms with E-state index in [1.807, 2.05) is 30.3 Å². The van der Waals surface area contributed by atoms with E-state index < -0.39 is 11.6 Å². The quantitative estimate of drug-likeness (QED) is 0.460. The number of nitrogens with one attached hydrogen (secondary N) is 1. The molecule has 1 atom stereocenters. The highest BCUT2D eigenvalue weighted by Gasteiger charge is 2.29. The highest BCUT2D eigenvalue weighted by Crippen LogP contribution is 2.15. The molecule has 0 bridgehead atoms. The van der Waals surface area contributed by atoms with Crippen LogP contribution in [0.4, 0.5) is 4.79 Å². The molecular formula is C14H18INO4. The Kier molecular flexibility index (Phi) is 6.77. The Balaban J connectivity index is 2.48. The lowest BCUT2D eigenvalue weighted by atomic mass is 10.0. The number of carbonyl (C=O) groups excluding carboxylic acids is 2. The zero-order valence-electron chi connectivity index (χ0n) is 11.5. The number of alkyl halides is 1. The molecular weight excluding hydrogens is 373 g/mol. The predicted octanol–water partition coefficient (Wildman–Crippen LogP) is 2.67. The lowest BCUT2D eigenvalue weighted by Crippen LogP contribution is -2.49. The third-order valence-corrected chi connectivity index (χ3v) is 4.36. The van der Waals surface area contributed by atoms with Crippen LogP contribution < -0.4 is 5.32 Å². The molecule has 0 aliphatic carbocycles. The highest BCUT2D eigenvalue weighted by atomic mass is 127. The van der Waals surface area contributed by atoms with Crippen LogP contribution in [0.5, 0.6) is 0 Å². The monoisotopic (exact) mass is 391 g/mol. The standard InChI is InChI=1S/C14H18INO4/c1-14(10-15,8-12(17)19-2)16-13(18)20-9-11-6-4-3-5-7-11/h3-7H,8-10H2,1-2H3,(H,16,18)/t14-/m1/s1. The SMILES string of the molecule is COC(=O)C[C@](C)(CI)NC(=O)OCc1ccccc1. The van der Waals surface area contributed by atoms with Gasteiger partial charge in [0.1, 0.15) is 6.61 Å². The van der Waals surface area contributed by atoms with E-state index in [0.29, 0.717) is 4.43 Å².